The van der Waals surface area contributed by atoms with Crippen LogP contribution in [0.5, 0.6) is 0 Å². The van der Waals surface area contributed by atoms with Gasteiger partial charge in [0.05, 0.1) is 0 Å². The molecule has 39 valence electrons. The average Bonchev–Trinajstić information content (AvgIpc) is 1.94. The minimum atomic E-state index is 1.30. The van der Waals surface area contributed by atoms with Crippen LogP contribution in [0, 0.1) is 0 Å². The normalized spacial score (nSPS) is 16.9. The molecule has 0 amide bonds. The van der Waals surface area contributed by atoms with E-state index in [-0.39, 0.29) is 0 Å². The van der Waals surface area contributed by atoms with Gasteiger partial charge >= 0.3 is 0 Å². The summed E-state index contributed by atoms with van der Waals surface area (Å²) in [5.74, 6) is 2.04. The Balaban J connectivity index is 2.69. The van der Waals surface area contributed by atoms with Gasteiger partial charge in [-0.2, -0.15) is 0 Å². The molecule has 0 N–H and O–H groups in total. The summed E-state index contributed by atoms with van der Waals surface area (Å²) in [7, 11) is 2.08. The van der Waals surface area contributed by atoms with Crippen molar-refractivity contribution in [1.82, 2.24) is 0 Å². The average molecular weight is 103 g/mol. The Morgan fingerprint density at radius 3 is 3.00 bits per heavy atom. The van der Waals surface area contributed by atoms with Crippen molar-refractivity contribution < 1.29 is 0 Å². The van der Waals surface area contributed by atoms with E-state index in [0.29, 0.717) is 0 Å². The molecule has 0 nitrogen and oxygen atoms in total. The van der Waals surface area contributed by atoms with Crippen LogP contribution in [0.3, 0.4) is 0 Å². The predicted molar refractivity (Wildman–Crippen MR) is 37.8 cm³/mol. The van der Waals surface area contributed by atoms with Gasteiger partial charge in [-0.3, -0.25) is 0 Å². The van der Waals surface area contributed by atoms with E-state index >= 15 is 0 Å². The highest BCUT2D eigenvalue weighted by Crippen LogP contribution is 1.95. The standard InChI is InChI=1S/C7H8B/c1-7-5-3-2-4-6-8-7/h2-6H,1H3. The first-order valence-corrected chi connectivity index (χ1v) is 2.74. The van der Waals surface area contributed by atoms with Gasteiger partial charge in [0.15, 0.2) is 7.28 Å². The third-order valence-corrected chi connectivity index (χ3v) is 1.05. The monoisotopic (exact) mass is 103 g/mol. The van der Waals surface area contributed by atoms with Crippen molar-refractivity contribution in [3.8, 4) is 0 Å². The molecule has 0 atom stereocenters. The number of hydrogen-bond acceptors (Lipinski definition) is 0. The van der Waals surface area contributed by atoms with Gasteiger partial charge in [0.2, 0.25) is 0 Å². The maximum Gasteiger partial charge on any atom is 0.175 e. The smallest absolute Gasteiger partial charge is 0.117 e. The van der Waals surface area contributed by atoms with Crippen molar-refractivity contribution in [2.75, 3.05) is 0 Å². The summed E-state index contributed by atoms with van der Waals surface area (Å²) in [6, 6.07) is 0. The quantitative estimate of drug-likeness (QED) is 0.409. The summed E-state index contributed by atoms with van der Waals surface area (Å²) in [6.07, 6.45) is 8.16. The Labute approximate surface area is 50.8 Å². The van der Waals surface area contributed by atoms with Crippen LogP contribution < -0.4 is 0 Å². The highest BCUT2D eigenvalue weighted by Gasteiger charge is 1.86. The summed E-state index contributed by atoms with van der Waals surface area (Å²) >= 11 is 0. The molecule has 0 fully saturated rings. The van der Waals surface area contributed by atoms with E-state index < -0.39 is 0 Å². The van der Waals surface area contributed by atoms with E-state index in [1.165, 1.54) is 5.47 Å². The minimum absolute atomic E-state index is 1.30. The Bertz CT molecular complexity index is 152. The van der Waals surface area contributed by atoms with Crippen molar-refractivity contribution in [1.29, 1.82) is 0 Å². The molecule has 0 aromatic carbocycles. The molecule has 1 radical (unpaired) electrons. The second-order valence-corrected chi connectivity index (χ2v) is 1.85. The fourth-order valence-corrected chi connectivity index (χ4v) is 0.599. The molecular formula is C7H8B. The Kier molecular flexibility index (Phi) is 1.73. The highest BCUT2D eigenvalue weighted by molar-refractivity contribution is 6.51. The van der Waals surface area contributed by atoms with Crippen LogP contribution in [0.2, 0.25) is 0 Å². The van der Waals surface area contributed by atoms with E-state index in [1.54, 1.807) is 0 Å². The Hall–Kier alpha value is -0.715. The molecule has 0 bridgehead atoms. The van der Waals surface area contributed by atoms with Crippen molar-refractivity contribution in [3.05, 3.63) is 35.8 Å². The molecular weight excluding hydrogens is 94.9 g/mol. The first kappa shape index (κ1) is 5.42. The van der Waals surface area contributed by atoms with Crippen molar-refractivity contribution in [3.63, 3.8) is 0 Å². The SMILES string of the molecule is CC1=CC=CC=C[B]1. The van der Waals surface area contributed by atoms with Gasteiger partial charge in [0.1, 0.15) is 0 Å². The number of rotatable bonds is 0. The van der Waals surface area contributed by atoms with Crippen LogP contribution >= 0.6 is 0 Å². The molecule has 0 spiro atoms. The number of hydrogen-bond donors (Lipinski definition) is 0. The van der Waals surface area contributed by atoms with Gasteiger partial charge in [-0.05, 0) is 0 Å². The zero-order chi connectivity index (χ0) is 5.82. The summed E-state index contributed by atoms with van der Waals surface area (Å²) in [5, 5.41) is 0. The zero-order valence-electron chi connectivity index (χ0n) is 4.96. The second-order valence-electron chi connectivity index (χ2n) is 1.85. The lowest BCUT2D eigenvalue weighted by molar-refractivity contribution is 1.65. The molecule has 0 saturated carbocycles. The van der Waals surface area contributed by atoms with Gasteiger partial charge in [0, 0.05) is 0 Å². The summed E-state index contributed by atoms with van der Waals surface area (Å²) < 4.78 is 0. The molecule has 1 rings (SSSR count). The third-order valence-electron chi connectivity index (χ3n) is 1.05. The molecule has 0 aliphatic carbocycles. The third kappa shape index (κ3) is 1.41. The first-order valence-electron chi connectivity index (χ1n) is 2.74. The van der Waals surface area contributed by atoms with Gasteiger partial charge in [-0.1, -0.05) is 31.2 Å². The fraction of sp³-hybridized carbons (Fsp3) is 0.143. The van der Waals surface area contributed by atoms with Crippen LogP contribution in [-0.2, 0) is 0 Å². The summed E-state index contributed by atoms with van der Waals surface area (Å²) in [6.45, 7) is 2.08. The molecule has 1 heterocycles. The molecule has 0 unspecified atom stereocenters. The molecule has 1 heteroatoms. The first-order chi connectivity index (χ1) is 3.89. The van der Waals surface area contributed by atoms with Crippen LogP contribution in [-0.4, -0.2) is 7.28 Å². The number of allylic oxidation sites excluding steroid dienone is 5. The highest BCUT2D eigenvalue weighted by atomic mass is 13.7. The van der Waals surface area contributed by atoms with Crippen LogP contribution in [0.4, 0.5) is 0 Å². The summed E-state index contributed by atoms with van der Waals surface area (Å²) in [4.78, 5) is 0. The van der Waals surface area contributed by atoms with E-state index in [4.69, 9.17) is 0 Å². The van der Waals surface area contributed by atoms with Gasteiger partial charge < -0.3 is 0 Å². The zero-order valence-corrected chi connectivity index (χ0v) is 4.96. The van der Waals surface area contributed by atoms with Gasteiger partial charge in [0.25, 0.3) is 0 Å². The molecule has 1 aliphatic heterocycles. The Morgan fingerprint density at radius 2 is 2.12 bits per heavy atom. The van der Waals surface area contributed by atoms with Gasteiger partial charge in [-0.25, -0.2) is 0 Å². The predicted octanol–water partition coefficient (Wildman–Crippen LogP) is 1.68. The Morgan fingerprint density at radius 1 is 1.25 bits per heavy atom. The van der Waals surface area contributed by atoms with Crippen molar-refractivity contribution in [2.45, 2.75) is 6.92 Å². The fourth-order valence-electron chi connectivity index (χ4n) is 0.599. The van der Waals surface area contributed by atoms with Crippen LogP contribution in [0.25, 0.3) is 0 Å². The largest absolute Gasteiger partial charge is 0.175 e. The summed E-state index contributed by atoms with van der Waals surface area (Å²) in [5.41, 5.74) is 1.30. The van der Waals surface area contributed by atoms with E-state index in [9.17, 15) is 0 Å². The van der Waals surface area contributed by atoms with E-state index in [0.717, 1.165) is 0 Å². The molecule has 8 heavy (non-hydrogen) atoms. The topological polar surface area (TPSA) is 0 Å². The molecule has 0 aromatic rings. The van der Waals surface area contributed by atoms with E-state index in [2.05, 4.69) is 20.3 Å². The minimum Gasteiger partial charge on any atom is -0.117 e. The van der Waals surface area contributed by atoms with Crippen LogP contribution in [0.15, 0.2) is 35.8 Å². The van der Waals surface area contributed by atoms with Crippen molar-refractivity contribution >= 4 is 7.28 Å². The molecule has 0 saturated heterocycles. The second kappa shape index (κ2) is 2.56. The lowest BCUT2D eigenvalue weighted by atomic mass is 9.71. The lowest BCUT2D eigenvalue weighted by Gasteiger charge is -1.84. The van der Waals surface area contributed by atoms with E-state index in [1.807, 2.05) is 24.2 Å². The van der Waals surface area contributed by atoms with Gasteiger partial charge in [-0.15, -0.1) is 11.4 Å². The molecule has 0 aromatic heterocycles. The van der Waals surface area contributed by atoms with Crippen molar-refractivity contribution in [2.24, 2.45) is 0 Å². The maximum absolute atomic E-state index is 2.08. The van der Waals surface area contributed by atoms with Crippen LogP contribution in [0.1, 0.15) is 6.92 Å². The lowest BCUT2D eigenvalue weighted by Crippen LogP contribution is -1.83. The molecule has 1 aliphatic rings. The maximum atomic E-state index is 2.08.